The second-order valence-electron chi connectivity index (χ2n) is 5.11. The van der Waals surface area contributed by atoms with Crippen molar-refractivity contribution < 1.29 is 28.6 Å². The summed E-state index contributed by atoms with van der Waals surface area (Å²) >= 11 is 6.05. The molecule has 1 heterocycles. The summed E-state index contributed by atoms with van der Waals surface area (Å²) in [7, 11) is 2.48. The second-order valence-corrected chi connectivity index (χ2v) is 5.55. The highest BCUT2D eigenvalue weighted by Crippen LogP contribution is 2.35. The lowest BCUT2D eigenvalue weighted by molar-refractivity contribution is -0.143. The zero-order valence-electron chi connectivity index (χ0n) is 13.8. The number of urea groups is 1. The molecule has 8 nitrogen and oxygen atoms in total. The maximum Gasteiger partial charge on any atom is 0.343 e. The Labute approximate surface area is 149 Å². The number of ether oxygens (including phenoxy) is 3. The molecule has 1 aromatic rings. The van der Waals surface area contributed by atoms with Crippen molar-refractivity contribution >= 4 is 29.6 Å². The molecule has 9 heteroatoms. The average molecular weight is 369 g/mol. The smallest absolute Gasteiger partial charge is 0.343 e. The first-order valence-electron chi connectivity index (χ1n) is 7.23. The van der Waals surface area contributed by atoms with Crippen molar-refractivity contribution in [1.82, 2.24) is 10.6 Å². The van der Waals surface area contributed by atoms with Gasteiger partial charge in [-0.15, -0.1) is 0 Å². The standard InChI is InChI=1S/C16H17ClN2O6/c1-8-13(15(21)24-3)14(19-16(22)18-8)10-6-9(17)4-5-11(10)25-7-12(20)23-2/h4-6,14H,7H2,1-3H3,(H2,18,19,22)/t14-/m1/s1. The third-order valence-corrected chi connectivity index (χ3v) is 3.77. The predicted molar refractivity (Wildman–Crippen MR) is 88.1 cm³/mol. The van der Waals surface area contributed by atoms with Crippen LogP contribution in [0.4, 0.5) is 4.79 Å². The molecule has 134 valence electrons. The van der Waals surface area contributed by atoms with Gasteiger partial charge in [0.05, 0.1) is 25.8 Å². The van der Waals surface area contributed by atoms with Crippen molar-refractivity contribution in [3.8, 4) is 5.75 Å². The van der Waals surface area contributed by atoms with Gasteiger partial charge in [-0.25, -0.2) is 14.4 Å². The van der Waals surface area contributed by atoms with Gasteiger partial charge in [-0.05, 0) is 25.1 Å². The summed E-state index contributed by atoms with van der Waals surface area (Å²) in [5, 5.41) is 5.52. The fraction of sp³-hybridized carbons (Fsp3) is 0.312. The van der Waals surface area contributed by atoms with E-state index in [9.17, 15) is 14.4 Å². The summed E-state index contributed by atoms with van der Waals surface area (Å²) in [5.74, 6) is -0.916. The van der Waals surface area contributed by atoms with Crippen LogP contribution in [0.25, 0.3) is 0 Å². The van der Waals surface area contributed by atoms with E-state index < -0.39 is 24.0 Å². The summed E-state index contributed by atoms with van der Waals surface area (Å²) in [6.07, 6.45) is 0. The van der Waals surface area contributed by atoms with Crippen molar-refractivity contribution in [2.75, 3.05) is 20.8 Å². The van der Waals surface area contributed by atoms with Gasteiger partial charge in [-0.1, -0.05) is 11.6 Å². The van der Waals surface area contributed by atoms with Gasteiger partial charge < -0.3 is 24.8 Å². The normalized spacial score (nSPS) is 16.6. The number of hydrogen-bond acceptors (Lipinski definition) is 6. The quantitative estimate of drug-likeness (QED) is 0.767. The van der Waals surface area contributed by atoms with Crippen LogP contribution in [0, 0.1) is 0 Å². The van der Waals surface area contributed by atoms with E-state index in [2.05, 4.69) is 15.4 Å². The fourth-order valence-electron chi connectivity index (χ4n) is 2.38. The first kappa shape index (κ1) is 18.6. The Balaban J connectivity index is 2.48. The maximum absolute atomic E-state index is 12.2. The lowest BCUT2D eigenvalue weighted by atomic mass is 9.95. The van der Waals surface area contributed by atoms with Crippen molar-refractivity contribution in [2.24, 2.45) is 0 Å². The van der Waals surface area contributed by atoms with Crippen LogP contribution < -0.4 is 15.4 Å². The van der Waals surface area contributed by atoms with Crippen LogP contribution in [0.3, 0.4) is 0 Å². The lowest BCUT2D eigenvalue weighted by Crippen LogP contribution is -2.45. The molecule has 0 fully saturated rings. The summed E-state index contributed by atoms with van der Waals surface area (Å²) in [6.45, 7) is 1.25. The van der Waals surface area contributed by atoms with Crippen LogP contribution in [-0.4, -0.2) is 38.8 Å². The SMILES string of the molecule is COC(=O)COc1ccc(Cl)cc1[C@H]1NC(=O)NC(C)=C1C(=O)OC. The predicted octanol–water partition coefficient (Wildman–Crippen LogP) is 1.69. The minimum absolute atomic E-state index is 0.201. The van der Waals surface area contributed by atoms with E-state index in [4.69, 9.17) is 21.1 Å². The third kappa shape index (κ3) is 4.21. The molecule has 0 saturated heterocycles. The van der Waals surface area contributed by atoms with Crippen LogP contribution in [0.1, 0.15) is 18.5 Å². The van der Waals surface area contributed by atoms with Gasteiger partial charge >= 0.3 is 18.0 Å². The second kappa shape index (κ2) is 7.89. The third-order valence-electron chi connectivity index (χ3n) is 3.53. The topological polar surface area (TPSA) is 103 Å². The molecule has 2 N–H and O–H groups in total. The monoisotopic (exact) mass is 368 g/mol. The Morgan fingerprint density at radius 1 is 1.24 bits per heavy atom. The highest BCUT2D eigenvalue weighted by molar-refractivity contribution is 6.30. The molecular weight excluding hydrogens is 352 g/mol. The Bertz CT molecular complexity index is 746. The Kier molecular flexibility index (Phi) is 5.87. The van der Waals surface area contributed by atoms with E-state index in [1.807, 2.05) is 0 Å². The maximum atomic E-state index is 12.2. The van der Waals surface area contributed by atoms with Crippen LogP contribution in [0.2, 0.25) is 5.02 Å². The summed E-state index contributed by atoms with van der Waals surface area (Å²) in [6, 6.07) is 3.30. The van der Waals surface area contributed by atoms with Crippen LogP contribution >= 0.6 is 11.6 Å². The Morgan fingerprint density at radius 3 is 2.60 bits per heavy atom. The van der Waals surface area contributed by atoms with E-state index in [0.29, 0.717) is 16.3 Å². The van der Waals surface area contributed by atoms with Gasteiger partial charge in [0.25, 0.3) is 0 Å². The zero-order valence-corrected chi connectivity index (χ0v) is 14.6. The number of nitrogens with one attached hydrogen (secondary N) is 2. The van der Waals surface area contributed by atoms with Crippen LogP contribution in [0.5, 0.6) is 5.75 Å². The van der Waals surface area contributed by atoms with Crippen molar-refractivity contribution in [2.45, 2.75) is 13.0 Å². The van der Waals surface area contributed by atoms with Crippen LogP contribution in [-0.2, 0) is 19.1 Å². The minimum Gasteiger partial charge on any atom is -0.482 e. The number of halogens is 1. The number of hydrogen-bond donors (Lipinski definition) is 2. The highest BCUT2D eigenvalue weighted by Gasteiger charge is 2.33. The number of esters is 2. The lowest BCUT2D eigenvalue weighted by Gasteiger charge is -2.29. The number of benzene rings is 1. The molecule has 1 aliphatic heterocycles. The minimum atomic E-state index is -0.854. The number of allylic oxidation sites excluding steroid dienone is 1. The first-order valence-corrected chi connectivity index (χ1v) is 7.60. The molecule has 0 aliphatic carbocycles. The Hall–Kier alpha value is -2.74. The van der Waals surface area contributed by atoms with E-state index in [1.54, 1.807) is 25.1 Å². The Morgan fingerprint density at radius 2 is 1.96 bits per heavy atom. The molecule has 0 unspecified atom stereocenters. The number of carbonyl (C=O) groups excluding carboxylic acids is 3. The molecular formula is C16H17ClN2O6. The summed E-state index contributed by atoms with van der Waals surface area (Å²) < 4.78 is 14.8. The number of rotatable bonds is 5. The van der Waals surface area contributed by atoms with Gasteiger partial charge in [0.1, 0.15) is 5.75 Å². The molecule has 0 aromatic heterocycles. The molecule has 1 atom stereocenters. The van der Waals surface area contributed by atoms with Gasteiger partial charge in [-0.3, -0.25) is 0 Å². The molecule has 1 aliphatic rings. The van der Waals surface area contributed by atoms with Crippen molar-refractivity contribution in [3.05, 3.63) is 40.1 Å². The van der Waals surface area contributed by atoms with E-state index in [0.717, 1.165) is 0 Å². The molecule has 1 aromatic carbocycles. The average Bonchev–Trinajstić information content (AvgIpc) is 2.58. The van der Waals surface area contributed by atoms with E-state index >= 15 is 0 Å². The number of amides is 2. The number of carbonyl (C=O) groups is 3. The summed E-state index contributed by atoms with van der Waals surface area (Å²) in [4.78, 5) is 35.3. The van der Waals surface area contributed by atoms with Gasteiger partial charge in [0, 0.05) is 16.3 Å². The first-order chi connectivity index (χ1) is 11.9. The largest absolute Gasteiger partial charge is 0.482 e. The number of methoxy groups -OCH3 is 2. The van der Waals surface area contributed by atoms with Crippen LogP contribution in [0.15, 0.2) is 29.5 Å². The van der Waals surface area contributed by atoms with E-state index in [-0.39, 0.29) is 17.9 Å². The molecule has 2 rings (SSSR count). The van der Waals surface area contributed by atoms with Crippen molar-refractivity contribution in [3.63, 3.8) is 0 Å². The van der Waals surface area contributed by atoms with Gasteiger partial charge in [0.15, 0.2) is 6.61 Å². The molecule has 0 spiro atoms. The zero-order chi connectivity index (χ0) is 18.6. The molecule has 0 radical (unpaired) electrons. The highest BCUT2D eigenvalue weighted by atomic mass is 35.5. The summed E-state index contributed by atoms with van der Waals surface area (Å²) in [5.41, 5.74) is 0.956. The molecule has 0 bridgehead atoms. The van der Waals surface area contributed by atoms with Crippen molar-refractivity contribution in [1.29, 1.82) is 0 Å². The molecule has 25 heavy (non-hydrogen) atoms. The molecule has 0 saturated carbocycles. The van der Waals surface area contributed by atoms with Gasteiger partial charge in [-0.2, -0.15) is 0 Å². The van der Waals surface area contributed by atoms with Gasteiger partial charge in [0.2, 0.25) is 0 Å². The molecule has 2 amide bonds. The fourth-order valence-corrected chi connectivity index (χ4v) is 2.56. The van der Waals surface area contributed by atoms with E-state index in [1.165, 1.54) is 14.2 Å².